The maximum Gasteiger partial charge on any atom is 0.0796 e. The lowest BCUT2D eigenvalue weighted by atomic mass is 10.2. The molecule has 1 aromatic heterocycles. The molecule has 0 saturated carbocycles. The third kappa shape index (κ3) is 2.43. The minimum atomic E-state index is 0.481. The van der Waals surface area contributed by atoms with E-state index in [1.165, 1.54) is 5.56 Å². The van der Waals surface area contributed by atoms with Crippen LogP contribution >= 0.6 is 0 Å². The van der Waals surface area contributed by atoms with Gasteiger partial charge in [-0.05, 0) is 18.9 Å². The lowest BCUT2D eigenvalue weighted by molar-refractivity contribution is 0.310. The molecule has 1 unspecified atom stereocenters. The molecule has 0 amide bonds. The molecule has 3 rings (SSSR count). The van der Waals surface area contributed by atoms with Gasteiger partial charge in [-0.2, -0.15) is 0 Å². The van der Waals surface area contributed by atoms with Crippen molar-refractivity contribution in [1.29, 1.82) is 0 Å². The second-order valence-electron chi connectivity index (χ2n) is 5.00. The zero-order valence-corrected chi connectivity index (χ0v) is 10.7. The predicted octanol–water partition coefficient (Wildman–Crippen LogP) is 2.03. The van der Waals surface area contributed by atoms with Crippen LogP contribution in [0.5, 0.6) is 0 Å². The summed E-state index contributed by atoms with van der Waals surface area (Å²) in [6, 6.07) is 11.1. The number of likely N-dealkylation sites (tertiary alicyclic amines) is 1. The van der Waals surface area contributed by atoms with Crippen molar-refractivity contribution < 1.29 is 0 Å². The Labute approximate surface area is 107 Å². The Hall–Kier alpha value is -1.68. The fourth-order valence-electron chi connectivity index (χ4n) is 2.56. The number of nitrogens with zero attached hydrogens (tertiary/aromatic N) is 4. The second-order valence-corrected chi connectivity index (χ2v) is 5.00. The van der Waals surface area contributed by atoms with Crippen LogP contribution in [0.2, 0.25) is 0 Å². The molecule has 1 aliphatic rings. The largest absolute Gasteiger partial charge is 0.297 e. The summed E-state index contributed by atoms with van der Waals surface area (Å²) in [5, 5.41) is 8.24. The van der Waals surface area contributed by atoms with E-state index in [0.717, 1.165) is 31.7 Å². The summed E-state index contributed by atoms with van der Waals surface area (Å²) in [5.41, 5.74) is 2.38. The fraction of sp³-hybridized carbons (Fsp3) is 0.429. The van der Waals surface area contributed by atoms with Crippen molar-refractivity contribution in [2.45, 2.75) is 25.9 Å². The van der Waals surface area contributed by atoms with Crippen LogP contribution in [0.25, 0.3) is 0 Å². The van der Waals surface area contributed by atoms with Gasteiger partial charge in [0.25, 0.3) is 0 Å². The molecule has 1 atom stereocenters. The third-order valence-corrected chi connectivity index (χ3v) is 3.50. The van der Waals surface area contributed by atoms with Gasteiger partial charge in [-0.3, -0.25) is 4.90 Å². The van der Waals surface area contributed by atoms with Gasteiger partial charge in [0, 0.05) is 25.8 Å². The smallest absolute Gasteiger partial charge is 0.0796 e. The van der Waals surface area contributed by atoms with Crippen molar-refractivity contribution in [1.82, 2.24) is 19.9 Å². The molecule has 0 aliphatic carbocycles. The van der Waals surface area contributed by atoms with Gasteiger partial charge in [0.1, 0.15) is 0 Å². The normalized spacial score (nSPS) is 20.4. The molecule has 2 heterocycles. The monoisotopic (exact) mass is 242 g/mol. The van der Waals surface area contributed by atoms with Gasteiger partial charge >= 0.3 is 0 Å². The molecule has 1 aromatic carbocycles. The zero-order valence-electron chi connectivity index (χ0n) is 10.7. The molecular formula is C14H18N4. The molecular weight excluding hydrogens is 224 g/mol. The van der Waals surface area contributed by atoms with Gasteiger partial charge in [-0.25, -0.2) is 4.68 Å². The van der Waals surface area contributed by atoms with Crippen molar-refractivity contribution in [2.75, 3.05) is 13.1 Å². The van der Waals surface area contributed by atoms with E-state index in [1.54, 1.807) is 0 Å². The average Bonchev–Trinajstić information content (AvgIpc) is 2.99. The van der Waals surface area contributed by atoms with Gasteiger partial charge in [0.2, 0.25) is 0 Å². The van der Waals surface area contributed by atoms with E-state index < -0.39 is 0 Å². The lowest BCUT2D eigenvalue weighted by Gasteiger charge is -2.15. The van der Waals surface area contributed by atoms with Crippen LogP contribution in [0.15, 0.2) is 36.5 Å². The summed E-state index contributed by atoms with van der Waals surface area (Å²) < 4.78 is 2.01. The van der Waals surface area contributed by atoms with E-state index in [-0.39, 0.29) is 0 Å². The number of hydrogen-bond acceptors (Lipinski definition) is 3. The average molecular weight is 242 g/mol. The summed E-state index contributed by atoms with van der Waals surface area (Å²) in [4.78, 5) is 2.48. The molecule has 0 bridgehead atoms. The van der Waals surface area contributed by atoms with Crippen molar-refractivity contribution in [3.63, 3.8) is 0 Å². The van der Waals surface area contributed by atoms with Gasteiger partial charge in [-0.1, -0.05) is 35.5 Å². The summed E-state index contributed by atoms with van der Waals surface area (Å²) in [7, 11) is 0. The van der Waals surface area contributed by atoms with Crippen LogP contribution in [0.3, 0.4) is 0 Å². The first kappa shape index (κ1) is 11.4. The van der Waals surface area contributed by atoms with Crippen LogP contribution in [0.1, 0.15) is 23.7 Å². The van der Waals surface area contributed by atoms with E-state index in [1.807, 2.05) is 17.8 Å². The summed E-state index contributed by atoms with van der Waals surface area (Å²) in [6.07, 6.45) is 3.20. The Bertz CT molecular complexity index is 506. The maximum atomic E-state index is 4.18. The van der Waals surface area contributed by atoms with E-state index in [9.17, 15) is 0 Å². The summed E-state index contributed by atoms with van der Waals surface area (Å²) in [6.45, 7) is 5.22. The van der Waals surface area contributed by atoms with Crippen molar-refractivity contribution in [3.05, 3.63) is 47.8 Å². The first-order valence-electron chi connectivity index (χ1n) is 6.46. The summed E-state index contributed by atoms with van der Waals surface area (Å²) in [5.74, 6) is 0. The minimum absolute atomic E-state index is 0.481. The minimum Gasteiger partial charge on any atom is -0.297 e. The molecule has 4 nitrogen and oxygen atoms in total. The Kier molecular flexibility index (Phi) is 3.11. The Morgan fingerprint density at radius 1 is 1.28 bits per heavy atom. The first-order chi connectivity index (χ1) is 8.81. The zero-order chi connectivity index (χ0) is 12.4. The molecule has 4 heteroatoms. The predicted molar refractivity (Wildman–Crippen MR) is 70.1 cm³/mol. The molecule has 0 radical (unpaired) electrons. The van der Waals surface area contributed by atoms with Crippen LogP contribution in [-0.4, -0.2) is 33.0 Å². The second kappa shape index (κ2) is 4.90. The quantitative estimate of drug-likeness (QED) is 0.826. The van der Waals surface area contributed by atoms with Gasteiger partial charge in [0.15, 0.2) is 0 Å². The Morgan fingerprint density at radius 3 is 2.83 bits per heavy atom. The standard InChI is InChI=1S/C14H18N4/c1-12-9-18(16-15-12)14-7-8-17(11-14)10-13-5-3-2-4-6-13/h2-6,9,14H,7-8,10-11H2,1H3. The SMILES string of the molecule is Cc1cn(C2CCN(Cc3ccccc3)C2)nn1. The highest BCUT2D eigenvalue weighted by atomic mass is 15.4. The Balaban J connectivity index is 1.62. The number of benzene rings is 1. The van der Waals surface area contributed by atoms with Gasteiger partial charge < -0.3 is 0 Å². The molecule has 0 spiro atoms. The number of rotatable bonds is 3. The number of aryl methyl sites for hydroxylation is 1. The van der Waals surface area contributed by atoms with Crippen molar-refractivity contribution >= 4 is 0 Å². The maximum absolute atomic E-state index is 4.18. The van der Waals surface area contributed by atoms with E-state index in [4.69, 9.17) is 0 Å². The molecule has 94 valence electrons. The van der Waals surface area contributed by atoms with E-state index in [0.29, 0.717) is 6.04 Å². The lowest BCUT2D eigenvalue weighted by Crippen LogP contribution is -2.21. The van der Waals surface area contributed by atoms with Crippen LogP contribution in [0.4, 0.5) is 0 Å². The first-order valence-corrected chi connectivity index (χ1v) is 6.46. The van der Waals surface area contributed by atoms with Crippen LogP contribution in [0, 0.1) is 6.92 Å². The molecule has 2 aromatic rings. The highest BCUT2D eigenvalue weighted by Gasteiger charge is 2.24. The third-order valence-electron chi connectivity index (χ3n) is 3.50. The van der Waals surface area contributed by atoms with Crippen molar-refractivity contribution in [2.24, 2.45) is 0 Å². The molecule has 18 heavy (non-hydrogen) atoms. The van der Waals surface area contributed by atoms with Crippen molar-refractivity contribution in [3.8, 4) is 0 Å². The molecule has 1 aliphatic heterocycles. The molecule has 0 N–H and O–H groups in total. The van der Waals surface area contributed by atoms with Crippen LogP contribution in [-0.2, 0) is 6.54 Å². The fourth-order valence-corrected chi connectivity index (χ4v) is 2.56. The van der Waals surface area contributed by atoms with E-state index in [2.05, 4.69) is 45.5 Å². The van der Waals surface area contributed by atoms with Gasteiger partial charge in [-0.15, -0.1) is 5.10 Å². The number of hydrogen-bond donors (Lipinski definition) is 0. The topological polar surface area (TPSA) is 34.0 Å². The Morgan fingerprint density at radius 2 is 2.11 bits per heavy atom. The molecule has 1 fully saturated rings. The highest BCUT2D eigenvalue weighted by molar-refractivity contribution is 5.14. The molecule has 1 saturated heterocycles. The van der Waals surface area contributed by atoms with Crippen LogP contribution < -0.4 is 0 Å². The van der Waals surface area contributed by atoms with E-state index >= 15 is 0 Å². The van der Waals surface area contributed by atoms with Gasteiger partial charge in [0.05, 0.1) is 11.7 Å². The summed E-state index contributed by atoms with van der Waals surface area (Å²) >= 11 is 0. The highest BCUT2D eigenvalue weighted by Crippen LogP contribution is 2.22. The number of aromatic nitrogens is 3.